The second-order valence-corrected chi connectivity index (χ2v) is 5.20. The van der Waals surface area contributed by atoms with E-state index < -0.39 is 0 Å². The number of carbonyl (C=O) groups is 2. The summed E-state index contributed by atoms with van der Waals surface area (Å²) in [6.45, 7) is 1.16. The van der Waals surface area contributed by atoms with E-state index in [0.29, 0.717) is 19.1 Å². The number of hydrogen-bond acceptors (Lipinski definition) is 3. The SMILES string of the molecule is COCCN1CC(=O)NC(C2CCCCC2)C1=O. The molecule has 0 aromatic rings. The smallest absolute Gasteiger partial charge is 0.245 e. The summed E-state index contributed by atoms with van der Waals surface area (Å²) in [6, 6.07) is -0.302. The van der Waals surface area contributed by atoms with Crippen LogP contribution in [0.1, 0.15) is 32.1 Å². The number of hydrogen-bond donors (Lipinski definition) is 1. The number of piperazine rings is 1. The fourth-order valence-electron chi connectivity index (χ4n) is 2.91. The van der Waals surface area contributed by atoms with Crippen LogP contribution in [0.3, 0.4) is 0 Å². The van der Waals surface area contributed by atoms with Gasteiger partial charge in [-0.1, -0.05) is 19.3 Å². The molecule has 0 spiro atoms. The summed E-state index contributed by atoms with van der Waals surface area (Å²) in [5.74, 6) is 0.348. The number of amides is 2. The van der Waals surface area contributed by atoms with E-state index in [2.05, 4.69) is 5.32 Å². The van der Waals surface area contributed by atoms with Gasteiger partial charge in [-0.05, 0) is 18.8 Å². The molecule has 1 N–H and O–H groups in total. The van der Waals surface area contributed by atoms with Crippen molar-refractivity contribution in [3.05, 3.63) is 0 Å². The van der Waals surface area contributed by atoms with Gasteiger partial charge in [-0.25, -0.2) is 0 Å². The second kappa shape index (κ2) is 6.18. The molecule has 1 saturated heterocycles. The molecule has 1 heterocycles. The highest BCUT2D eigenvalue weighted by atomic mass is 16.5. The first kappa shape index (κ1) is 13.3. The molecule has 2 rings (SSSR count). The topological polar surface area (TPSA) is 58.6 Å². The standard InChI is InChI=1S/C13H22N2O3/c1-18-8-7-15-9-11(16)14-12(13(15)17)10-5-3-2-4-6-10/h10,12H,2-9H2,1H3,(H,14,16). The summed E-state index contributed by atoms with van der Waals surface area (Å²) < 4.78 is 4.98. The zero-order valence-electron chi connectivity index (χ0n) is 11.0. The van der Waals surface area contributed by atoms with Crippen molar-refractivity contribution in [2.24, 2.45) is 5.92 Å². The predicted octanol–water partition coefficient (Wildman–Crippen LogP) is 0.540. The average Bonchev–Trinajstić information content (AvgIpc) is 2.40. The fourth-order valence-corrected chi connectivity index (χ4v) is 2.91. The molecule has 2 amide bonds. The molecule has 0 aromatic heterocycles. The molecule has 0 bridgehead atoms. The van der Waals surface area contributed by atoms with Crippen LogP contribution in [0.4, 0.5) is 0 Å². The number of ether oxygens (including phenoxy) is 1. The average molecular weight is 254 g/mol. The third kappa shape index (κ3) is 3.02. The number of rotatable bonds is 4. The maximum absolute atomic E-state index is 12.3. The van der Waals surface area contributed by atoms with Crippen molar-refractivity contribution in [3.63, 3.8) is 0 Å². The Morgan fingerprint density at radius 2 is 2.00 bits per heavy atom. The first-order valence-electron chi connectivity index (χ1n) is 6.79. The summed E-state index contributed by atoms with van der Waals surface area (Å²) in [6.07, 6.45) is 5.69. The van der Waals surface area contributed by atoms with E-state index >= 15 is 0 Å². The van der Waals surface area contributed by atoms with E-state index in [1.54, 1.807) is 12.0 Å². The predicted molar refractivity (Wildman–Crippen MR) is 67.0 cm³/mol. The molecular weight excluding hydrogens is 232 g/mol. The van der Waals surface area contributed by atoms with Crippen LogP contribution >= 0.6 is 0 Å². The van der Waals surface area contributed by atoms with Crippen LogP contribution in [0, 0.1) is 5.92 Å². The van der Waals surface area contributed by atoms with Gasteiger partial charge in [0.15, 0.2) is 0 Å². The third-order valence-electron chi connectivity index (χ3n) is 3.92. The summed E-state index contributed by atoms with van der Waals surface area (Å²) in [5.41, 5.74) is 0. The minimum atomic E-state index is -0.302. The Labute approximate surface area is 108 Å². The van der Waals surface area contributed by atoms with Gasteiger partial charge < -0.3 is 15.0 Å². The Balaban J connectivity index is 1.99. The van der Waals surface area contributed by atoms with Crippen LogP contribution in [-0.4, -0.2) is 49.6 Å². The molecule has 2 aliphatic rings. The van der Waals surface area contributed by atoms with Crippen molar-refractivity contribution in [2.45, 2.75) is 38.1 Å². The van der Waals surface area contributed by atoms with Gasteiger partial charge in [-0.2, -0.15) is 0 Å². The first-order valence-corrected chi connectivity index (χ1v) is 6.79. The normalized spacial score (nSPS) is 26.3. The van der Waals surface area contributed by atoms with Crippen LogP contribution < -0.4 is 5.32 Å². The van der Waals surface area contributed by atoms with Crippen molar-refractivity contribution in [1.29, 1.82) is 0 Å². The molecule has 18 heavy (non-hydrogen) atoms. The van der Waals surface area contributed by atoms with Gasteiger partial charge in [-0.3, -0.25) is 9.59 Å². The van der Waals surface area contributed by atoms with E-state index in [-0.39, 0.29) is 24.4 Å². The zero-order valence-corrected chi connectivity index (χ0v) is 11.0. The molecule has 1 unspecified atom stereocenters. The number of nitrogens with one attached hydrogen (secondary N) is 1. The van der Waals surface area contributed by atoms with E-state index in [1.165, 1.54) is 19.3 Å². The summed E-state index contributed by atoms with van der Waals surface area (Å²) >= 11 is 0. The molecule has 1 atom stereocenters. The summed E-state index contributed by atoms with van der Waals surface area (Å²) in [4.78, 5) is 25.6. The van der Waals surface area contributed by atoms with Crippen molar-refractivity contribution in [2.75, 3.05) is 26.8 Å². The Morgan fingerprint density at radius 3 is 2.67 bits per heavy atom. The van der Waals surface area contributed by atoms with Crippen LogP contribution in [0.15, 0.2) is 0 Å². The Kier molecular flexibility index (Phi) is 4.58. The van der Waals surface area contributed by atoms with Gasteiger partial charge in [0.2, 0.25) is 11.8 Å². The zero-order chi connectivity index (χ0) is 13.0. The van der Waals surface area contributed by atoms with Gasteiger partial charge >= 0.3 is 0 Å². The van der Waals surface area contributed by atoms with E-state index in [1.807, 2.05) is 0 Å². The van der Waals surface area contributed by atoms with Gasteiger partial charge in [0, 0.05) is 13.7 Å². The third-order valence-corrected chi connectivity index (χ3v) is 3.92. The summed E-state index contributed by atoms with van der Waals surface area (Å²) in [7, 11) is 1.60. The Morgan fingerprint density at radius 1 is 1.28 bits per heavy atom. The van der Waals surface area contributed by atoms with Gasteiger partial charge in [0.05, 0.1) is 13.2 Å². The highest BCUT2D eigenvalue weighted by molar-refractivity contribution is 5.95. The first-order chi connectivity index (χ1) is 8.72. The highest BCUT2D eigenvalue weighted by Crippen LogP contribution is 2.28. The monoisotopic (exact) mass is 254 g/mol. The number of carbonyl (C=O) groups excluding carboxylic acids is 2. The molecule has 1 aliphatic carbocycles. The molecule has 0 aromatic carbocycles. The lowest BCUT2D eigenvalue weighted by atomic mass is 9.82. The molecule has 102 valence electrons. The summed E-state index contributed by atoms with van der Waals surface area (Å²) in [5, 5.41) is 2.87. The van der Waals surface area contributed by atoms with Crippen molar-refractivity contribution >= 4 is 11.8 Å². The van der Waals surface area contributed by atoms with E-state index in [9.17, 15) is 9.59 Å². The minimum Gasteiger partial charge on any atom is -0.383 e. The lowest BCUT2D eigenvalue weighted by Gasteiger charge is -2.37. The van der Waals surface area contributed by atoms with Crippen LogP contribution in [0.2, 0.25) is 0 Å². The van der Waals surface area contributed by atoms with E-state index in [0.717, 1.165) is 12.8 Å². The second-order valence-electron chi connectivity index (χ2n) is 5.20. The number of methoxy groups -OCH3 is 1. The van der Waals surface area contributed by atoms with Crippen LogP contribution in [-0.2, 0) is 14.3 Å². The Bertz CT molecular complexity index is 313. The van der Waals surface area contributed by atoms with Crippen molar-refractivity contribution in [3.8, 4) is 0 Å². The van der Waals surface area contributed by atoms with Gasteiger partial charge in [0.1, 0.15) is 6.04 Å². The molecule has 5 heteroatoms. The molecule has 1 saturated carbocycles. The quantitative estimate of drug-likeness (QED) is 0.796. The van der Waals surface area contributed by atoms with Crippen LogP contribution in [0.25, 0.3) is 0 Å². The molecule has 2 fully saturated rings. The molecular formula is C13H22N2O3. The largest absolute Gasteiger partial charge is 0.383 e. The van der Waals surface area contributed by atoms with Crippen LogP contribution in [0.5, 0.6) is 0 Å². The van der Waals surface area contributed by atoms with Gasteiger partial charge in [-0.15, -0.1) is 0 Å². The lowest BCUT2D eigenvalue weighted by molar-refractivity contribution is -0.146. The highest BCUT2D eigenvalue weighted by Gasteiger charge is 2.37. The number of nitrogens with zero attached hydrogens (tertiary/aromatic N) is 1. The van der Waals surface area contributed by atoms with E-state index in [4.69, 9.17) is 4.74 Å². The molecule has 1 aliphatic heterocycles. The Hall–Kier alpha value is -1.10. The maximum Gasteiger partial charge on any atom is 0.245 e. The van der Waals surface area contributed by atoms with Crippen molar-refractivity contribution in [1.82, 2.24) is 10.2 Å². The maximum atomic E-state index is 12.3. The fraction of sp³-hybridized carbons (Fsp3) is 0.846. The molecule has 0 radical (unpaired) electrons. The molecule has 5 nitrogen and oxygen atoms in total. The lowest BCUT2D eigenvalue weighted by Crippen LogP contribution is -2.61. The minimum absolute atomic E-state index is 0.0405. The van der Waals surface area contributed by atoms with Crippen molar-refractivity contribution < 1.29 is 14.3 Å². The van der Waals surface area contributed by atoms with Gasteiger partial charge in [0.25, 0.3) is 0 Å².